The number of sulfonamides is 1. The molecule has 8 nitrogen and oxygen atoms in total. The predicted molar refractivity (Wildman–Crippen MR) is 119 cm³/mol. The smallest absolute Gasteiger partial charge is 0.269 e. The number of fused-ring (bicyclic) bond motifs is 2. The number of nitrogens with zero attached hydrogens (tertiary/aromatic N) is 3. The summed E-state index contributed by atoms with van der Waals surface area (Å²) in [5.74, 6) is -0.421. The quantitative estimate of drug-likeness (QED) is 0.658. The molecule has 0 bridgehead atoms. The van der Waals surface area contributed by atoms with E-state index in [2.05, 4.69) is 16.0 Å². The summed E-state index contributed by atoms with van der Waals surface area (Å²) < 4.78 is 26.6. The Labute approximate surface area is 186 Å². The summed E-state index contributed by atoms with van der Waals surface area (Å²) in [6.07, 6.45) is 5.39. The third-order valence-electron chi connectivity index (χ3n) is 6.37. The van der Waals surface area contributed by atoms with Crippen LogP contribution in [0.15, 0.2) is 47.6 Å². The molecule has 2 aliphatic heterocycles. The number of rotatable bonds is 3. The minimum atomic E-state index is -3.94. The Morgan fingerprint density at radius 3 is 2.66 bits per heavy atom. The first-order valence-electron chi connectivity index (χ1n) is 10.7. The maximum absolute atomic E-state index is 13.1. The molecule has 5 rings (SSSR count). The molecule has 0 radical (unpaired) electrons. The van der Waals surface area contributed by atoms with Gasteiger partial charge in [0, 0.05) is 42.5 Å². The van der Waals surface area contributed by atoms with Crippen LogP contribution in [-0.2, 0) is 10.0 Å². The van der Waals surface area contributed by atoms with Crippen molar-refractivity contribution in [3.63, 3.8) is 0 Å². The number of benzene rings is 1. The number of H-pyrrole nitrogens is 1. The van der Waals surface area contributed by atoms with E-state index in [-0.39, 0.29) is 16.4 Å². The molecule has 2 aromatic heterocycles. The van der Waals surface area contributed by atoms with E-state index in [1.54, 1.807) is 31.0 Å². The lowest BCUT2D eigenvalue weighted by atomic mass is 9.89. The van der Waals surface area contributed by atoms with Gasteiger partial charge in [-0.2, -0.15) is 0 Å². The minimum absolute atomic E-state index is 0.0803. The van der Waals surface area contributed by atoms with Crippen LogP contribution in [0.2, 0.25) is 0 Å². The van der Waals surface area contributed by atoms with Gasteiger partial charge in [0.05, 0.1) is 5.56 Å². The van der Waals surface area contributed by atoms with Crippen LogP contribution in [0.4, 0.5) is 0 Å². The van der Waals surface area contributed by atoms with Crippen LogP contribution in [0.3, 0.4) is 0 Å². The van der Waals surface area contributed by atoms with Gasteiger partial charge in [0.15, 0.2) is 0 Å². The monoisotopic (exact) mass is 452 g/mol. The summed E-state index contributed by atoms with van der Waals surface area (Å²) in [6.45, 7) is 4.47. The number of nitrogens with one attached hydrogen (secondary N) is 1. The molecule has 32 heavy (non-hydrogen) atoms. The third kappa shape index (κ3) is 3.10. The highest BCUT2D eigenvalue weighted by molar-refractivity contribution is 7.90. The van der Waals surface area contributed by atoms with Crippen LogP contribution >= 0.6 is 0 Å². The second-order valence-corrected chi connectivity index (χ2v) is 10.4. The number of carbonyl (C=O) groups excluding carboxylic acids is 2. The first-order chi connectivity index (χ1) is 15.3. The van der Waals surface area contributed by atoms with Crippen LogP contribution < -0.4 is 0 Å². The lowest BCUT2D eigenvalue weighted by Gasteiger charge is -2.32. The average molecular weight is 453 g/mol. The molecule has 3 aromatic rings. The molecule has 4 heterocycles. The number of amides is 2. The fourth-order valence-electron chi connectivity index (χ4n) is 4.78. The highest BCUT2D eigenvalue weighted by Gasteiger charge is 2.43. The van der Waals surface area contributed by atoms with E-state index in [1.807, 2.05) is 12.3 Å². The number of pyridine rings is 1. The Balaban J connectivity index is 1.35. The van der Waals surface area contributed by atoms with Crippen molar-refractivity contribution in [1.82, 2.24) is 19.2 Å². The average Bonchev–Trinajstić information content (AvgIpc) is 3.30. The lowest BCUT2D eigenvalue weighted by molar-refractivity contribution is 0.0712. The fraction of sp³-hybridized carbons (Fsp3) is 0.348. The largest absolute Gasteiger partial charge is 0.346 e. The Morgan fingerprint density at radius 2 is 1.94 bits per heavy atom. The van der Waals surface area contributed by atoms with Gasteiger partial charge in [-0.05, 0) is 68.5 Å². The molecule has 0 saturated carbocycles. The molecule has 1 aromatic carbocycles. The van der Waals surface area contributed by atoms with Crippen molar-refractivity contribution >= 4 is 32.9 Å². The Bertz CT molecular complexity index is 1340. The van der Waals surface area contributed by atoms with Crippen molar-refractivity contribution < 1.29 is 18.0 Å². The number of aromatic nitrogens is 2. The molecule has 0 aliphatic carbocycles. The Morgan fingerprint density at radius 1 is 1.19 bits per heavy atom. The van der Waals surface area contributed by atoms with Crippen LogP contribution in [-0.4, -0.2) is 58.5 Å². The van der Waals surface area contributed by atoms with Gasteiger partial charge in [0.1, 0.15) is 10.5 Å². The van der Waals surface area contributed by atoms with Gasteiger partial charge < -0.3 is 9.88 Å². The summed E-state index contributed by atoms with van der Waals surface area (Å²) in [5.41, 5.74) is 2.50. The van der Waals surface area contributed by atoms with Gasteiger partial charge in [-0.3, -0.25) is 9.59 Å². The third-order valence-corrected chi connectivity index (χ3v) is 8.37. The summed E-state index contributed by atoms with van der Waals surface area (Å²) in [5, 5.41) is 1.11. The van der Waals surface area contributed by atoms with Gasteiger partial charge in [0.2, 0.25) is 0 Å². The number of piperidine rings is 1. The molecular weight excluding hydrogens is 428 g/mol. The number of likely N-dealkylation sites (tertiary alicyclic amines) is 1. The van der Waals surface area contributed by atoms with E-state index < -0.39 is 22.0 Å². The molecule has 9 heteroatoms. The molecule has 1 saturated heterocycles. The summed E-state index contributed by atoms with van der Waals surface area (Å²) >= 11 is 0. The minimum Gasteiger partial charge on any atom is -0.346 e. The van der Waals surface area contributed by atoms with Crippen molar-refractivity contribution in [1.29, 1.82) is 0 Å². The van der Waals surface area contributed by atoms with E-state index in [1.165, 1.54) is 17.7 Å². The standard InChI is InChI=1S/C23H24N4O4S/c1-14(2)27-23(29)18-6-5-16(12-20(18)32(27,30)31)22(28)26-10-7-15(8-11-26)19-13-25-21-17(19)4-3-9-24-21/h3-6,9,12-15H,7-8,10-11H2,1-2H3,(H,24,25). The Kier molecular flexibility index (Phi) is 4.81. The van der Waals surface area contributed by atoms with Crippen molar-refractivity contribution in [3.8, 4) is 0 Å². The first-order valence-corrected chi connectivity index (χ1v) is 12.2. The van der Waals surface area contributed by atoms with Gasteiger partial charge in [0.25, 0.3) is 21.8 Å². The highest BCUT2D eigenvalue weighted by Crippen LogP contribution is 2.35. The molecule has 0 atom stereocenters. The van der Waals surface area contributed by atoms with E-state index in [4.69, 9.17) is 0 Å². The number of hydrogen-bond donors (Lipinski definition) is 1. The van der Waals surface area contributed by atoms with Crippen molar-refractivity contribution in [2.75, 3.05) is 13.1 Å². The molecule has 1 fully saturated rings. The van der Waals surface area contributed by atoms with Crippen molar-refractivity contribution in [3.05, 3.63) is 59.4 Å². The van der Waals surface area contributed by atoms with Crippen LogP contribution in [0.1, 0.15) is 58.9 Å². The topological polar surface area (TPSA) is 103 Å². The van der Waals surface area contributed by atoms with Gasteiger partial charge in [-0.25, -0.2) is 17.7 Å². The first kappa shape index (κ1) is 20.7. The van der Waals surface area contributed by atoms with Gasteiger partial charge in [-0.1, -0.05) is 0 Å². The maximum atomic E-state index is 13.1. The molecule has 2 amide bonds. The van der Waals surface area contributed by atoms with E-state index in [0.29, 0.717) is 24.6 Å². The number of aromatic amines is 1. The van der Waals surface area contributed by atoms with E-state index in [9.17, 15) is 18.0 Å². The van der Waals surface area contributed by atoms with Crippen LogP contribution in [0.5, 0.6) is 0 Å². The highest BCUT2D eigenvalue weighted by atomic mass is 32.2. The Hall–Kier alpha value is -3.20. The molecular formula is C23H24N4O4S. The second-order valence-electron chi connectivity index (χ2n) is 8.62. The normalized spacial score (nSPS) is 18.5. The zero-order chi connectivity index (χ0) is 22.6. The zero-order valence-corrected chi connectivity index (χ0v) is 18.7. The summed E-state index contributed by atoms with van der Waals surface area (Å²) in [4.78, 5) is 34.9. The predicted octanol–water partition coefficient (Wildman–Crippen LogP) is 3.14. The lowest BCUT2D eigenvalue weighted by Crippen LogP contribution is -2.38. The van der Waals surface area contributed by atoms with Crippen LogP contribution in [0, 0.1) is 0 Å². The molecule has 166 valence electrons. The number of hydrogen-bond acceptors (Lipinski definition) is 5. The molecule has 1 N–H and O–H groups in total. The van der Waals surface area contributed by atoms with Crippen LogP contribution in [0.25, 0.3) is 11.0 Å². The summed E-state index contributed by atoms with van der Waals surface area (Å²) in [7, 11) is -3.94. The second kappa shape index (κ2) is 7.44. The van der Waals surface area contributed by atoms with Crippen molar-refractivity contribution in [2.45, 2.75) is 43.5 Å². The fourth-order valence-corrected chi connectivity index (χ4v) is 6.58. The van der Waals surface area contributed by atoms with Gasteiger partial charge >= 0.3 is 0 Å². The molecule has 0 unspecified atom stereocenters. The number of carbonyl (C=O) groups is 2. The SMILES string of the molecule is CC(C)N1C(=O)c2ccc(C(=O)N3CCC(c4c[nH]c5ncccc45)CC3)cc2S1(=O)=O. The van der Waals surface area contributed by atoms with Crippen molar-refractivity contribution in [2.24, 2.45) is 0 Å². The molecule has 0 spiro atoms. The van der Waals surface area contributed by atoms with E-state index >= 15 is 0 Å². The molecule has 2 aliphatic rings. The maximum Gasteiger partial charge on any atom is 0.269 e. The summed E-state index contributed by atoms with van der Waals surface area (Å²) in [6, 6.07) is 7.85. The van der Waals surface area contributed by atoms with E-state index in [0.717, 1.165) is 28.2 Å². The van der Waals surface area contributed by atoms with Gasteiger partial charge in [-0.15, -0.1) is 0 Å². The zero-order valence-electron chi connectivity index (χ0n) is 17.9.